The molecule has 0 saturated heterocycles. The second kappa shape index (κ2) is 8.77. The van der Waals surface area contributed by atoms with Gasteiger partial charge in [0.05, 0.1) is 42.0 Å². The van der Waals surface area contributed by atoms with E-state index in [-0.39, 0.29) is 0 Å². The van der Waals surface area contributed by atoms with Gasteiger partial charge in [-0.25, -0.2) is 9.86 Å². The molecule has 0 saturated carbocycles. The first kappa shape index (κ1) is 21.9. The summed E-state index contributed by atoms with van der Waals surface area (Å²) in [5, 5.41) is 21.0. The van der Waals surface area contributed by atoms with Crippen molar-refractivity contribution in [3.8, 4) is 12.1 Å². The molecule has 0 fully saturated rings. The first-order chi connectivity index (χ1) is 13.6. The van der Waals surface area contributed by atoms with E-state index in [0.717, 1.165) is 5.56 Å². The average Bonchev–Trinajstić information content (AvgIpc) is 2.73. The van der Waals surface area contributed by atoms with Gasteiger partial charge in [-0.05, 0) is 57.5 Å². The summed E-state index contributed by atoms with van der Waals surface area (Å²) in [5.41, 5.74) is -0.114. The smallest absolute Gasteiger partial charge is 0.337 e. The third kappa shape index (κ3) is 5.13. The van der Waals surface area contributed by atoms with Crippen molar-refractivity contribution in [1.82, 2.24) is 0 Å². The lowest BCUT2D eigenvalue weighted by molar-refractivity contribution is -0.0219. The van der Waals surface area contributed by atoms with Gasteiger partial charge in [0.15, 0.2) is 5.60 Å². The molecule has 0 N–H and O–H groups in total. The van der Waals surface area contributed by atoms with E-state index >= 15 is 0 Å². The Balaban J connectivity index is 2.62. The highest BCUT2D eigenvalue weighted by Gasteiger charge is 2.39. The lowest BCUT2D eigenvalue weighted by Gasteiger charge is -2.41. The largest absolute Gasteiger partial charge is 0.465 e. The zero-order chi connectivity index (χ0) is 21.7. The van der Waals surface area contributed by atoms with Gasteiger partial charge in [0.1, 0.15) is 0 Å². The Kier molecular flexibility index (Phi) is 6.64. The van der Waals surface area contributed by atoms with Crippen LogP contribution in [0.25, 0.3) is 0 Å². The van der Waals surface area contributed by atoms with Gasteiger partial charge in [-0.2, -0.15) is 10.5 Å². The molecule has 6 nitrogen and oxygen atoms in total. The number of esters is 1. The number of nitrogens with zero attached hydrogens (tertiary/aromatic N) is 3. The molecule has 1 atom stereocenters. The van der Waals surface area contributed by atoms with Gasteiger partial charge in [0, 0.05) is 0 Å². The maximum Gasteiger partial charge on any atom is 0.337 e. The predicted molar refractivity (Wildman–Crippen MR) is 110 cm³/mol. The number of rotatable bonds is 7. The molecule has 0 heterocycles. The summed E-state index contributed by atoms with van der Waals surface area (Å²) in [6.07, 6.45) is 0. The third-order valence-electron chi connectivity index (χ3n) is 4.46. The second-order valence-electron chi connectivity index (χ2n) is 7.72. The van der Waals surface area contributed by atoms with Crippen LogP contribution in [-0.4, -0.2) is 18.7 Å². The van der Waals surface area contributed by atoms with Crippen LogP contribution in [0.3, 0.4) is 0 Å². The van der Waals surface area contributed by atoms with Crippen molar-refractivity contribution in [2.45, 2.75) is 39.3 Å². The second-order valence-corrected chi connectivity index (χ2v) is 7.72. The molecule has 0 aliphatic rings. The van der Waals surface area contributed by atoms with Crippen molar-refractivity contribution >= 4 is 11.7 Å². The molecular weight excluding hydrogens is 366 g/mol. The summed E-state index contributed by atoms with van der Waals surface area (Å²) in [6, 6.07) is 20.1. The SMILES string of the molecule is COC(=O)c1ccc(C(N(OC(C)(C)C#N)c2ccccc2)C(C)(C)C#N)cc1. The topological polar surface area (TPSA) is 86.3 Å². The lowest BCUT2D eigenvalue weighted by atomic mass is 9.81. The van der Waals surface area contributed by atoms with Gasteiger partial charge in [0.2, 0.25) is 0 Å². The van der Waals surface area contributed by atoms with Crippen molar-refractivity contribution in [2.24, 2.45) is 5.41 Å². The van der Waals surface area contributed by atoms with Crippen LogP contribution in [0.5, 0.6) is 0 Å². The summed E-state index contributed by atoms with van der Waals surface area (Å²) in [7, 11) is 1.33. The Hall–Kier alpha value is -3.35. The normalized spacial score (nSPS) is 12.4. The van der Waals surface area contributed by atoms with Crippen LogP contribution in [-0.2, 0) is 9.57 Å². The van der Waals surface area contributed by atoms with E-state index in [9.17, 15) is 15.3 Å². The van der Waals surface area contributed by atoms with E-state index in [4.69, 9.17) is 9.57 Å². The summed E-state index contributed by atoms with van der Waals surface area (Å²) in [6.45, 7) is 6.95. The number of anilines is 1. The number of nitriles is 2. The molecule has 0 radical (unpaired) electrons. The molecule has 2 rings (SSSR count). The van der Waals surface area contributed by atoms with Crippen LogP contribution in [0, 0.1) is 28.1 Å². The molecular formula is C23H25N3O3. The standard InChI is InChI=1S/C23H25N3O3/c1-22(2,15-24)20(17-11-13-18(14-12-17)21(27)28-5)26(29-23(3,4)16-25)19-9-7-6-8-10-19/h6-14,20H,1-5H3. The molecule has 0 aliphatic heterocycles. The van der Waals surface area contributed by atoms with Crippen molar-refractivity contribution in [1.29, 1.82) is 10.5 Å². The van der Waals surface area contributed by atoms with Crippen LogP contribution in [0.2, 0.25) is 0 Å². The van der Waals surface area contributed by atoms with Gasteiger partial charge < -0.3 is 4.74 Å². The Bertz CT molecular complexity index is 923. The van der Waals surface area contributed by atoms with E-state index in [2.05, 4.69) is 12.1 Å². The molecule has 0 bridgehead atoms. The molecule has 29 heavy (non-hydrogen) atoms. The minimum atomic E-state index is -1.12. The summed E-state index contributed by atoms with van der Waals surface area (Å²) in [4.78, 5) is 17.9. The van der Waals surface area contributed by atoms with E-state index in [1.54, 1.807) is 43.2 Å². The number of hydroxylamine groups is 1. The van der Waals surface area contributed by atoms with Crippen molar-refractivity contribution in [3.63, 3.8) is 0 Å². The quantitative estimate of drug-likeness (QED) is 0.497. The van der Waals surface area contributed by atoms with Gasteiger partial charge in [-0.15, -0.1) is 0 Å². The molecule has 2 aromatic rings. The van der Waals surface area contributed by atoms with Crippen LogP contribution in [0.1, 0.15) is 49.7 Å². The van der Waals surface area contributed by atoms with Crippen LogP contribution in [0.4, 0.5) is 5.69 Å². The predicted octanol–water partition coefficient (Wildman–Crippen LogP) is 4.80. The summed E-state index contributed by atoms with van der Waals surface area (Å²) in [5.74, 6) is -0.436. The number of ether oxygens (including phenoxy) is 1. The number of hydrogen-bond donors (Lipinski definition) is 0. The van der Waals surface area contributed by atoms with Crippen molar-refractivity contribution in [2.75, 3.05) is 12.2 Å². The van der Waals surface area contributed by atoms with Gasteiger partial charge >= 0.3 is 5.97 Å². The number of methoxy groups -OCH3 is 1. The fourth-order valence-electron chi connectivity index (χ4n) is 2.92. The third-order valence-corrected chi connectivity index (χ3v) is 4.46. The first-order valence-corrected chi connectivity index (χ1v) is 9.19. The molecule has 6 heteroatoms. The fraction of sp³-hybridized carbons (Fsp3) is 0.348. The van der Waals surface area contributed by atoms with Crippen LogP contribution < -0.4 is 5.06 Å². The van der Waals surface area contributed by atoms with Crippen molar-refractivity contribution < 1.29 is 14.4 Å². The number of carbonyl (C=O) groups excluding carboxylic acids is 1. The van der Waals surface area contributed by atoms with E-state index in [1.807, 2.05) is 44.2 Å². The Morgan fingerprint density at radius 3 is 2.03 bits per heavy atom. The number of benzene rings is 2. The van der Waals surface area contributed by atoms with Gasteiger partial charge in [-0.1, -0.05) is 30.3 Å². The zero-order valence-electron chi connectivity index (χ0n) is 17.3. The monoisotopic (exact) mass is 391 g/mol. The number of hydrogen-bond acceptors (Lipinski definition) is 6. The Morgan fingerprint density at radius 2 is 1.55 bits per heavy atom. The average molecular weight is 391 g/mol. The van der Waals surface area contributed by atoms with E-state index < -0.39 is 23.0 Å². The van der Waals surface area contributed by atoms with Crippen molar-refractivity contribution in [3.05, 3.63) is 65.7 Å². The van der Waals surface area contributed by atoms with Crippen LogP contribution >= 0.6 is 0 Å². The van der Waals surface area contributed by atoms with Gasteiger partial charge in [-0.3, -0.25) is 4.84 Å². The van der Waals surface area contributed by atoms with E-state index in [1.165, 1.54) is 7.11 Å². The molecule has 2 aromatic carbocycles. The highest BCUT2D eigenvalue weighted by atomic mass is 16.7. The highest BCUT2D eigenvalue weighted by Crippen LogP contribution is 2.42. The maximum absolute atomic E-state index is 11.8. The molecule has 1 unspecified atom stereocenters. The molecule has 0 amide bonds. The zero-order valence-corrected chi connectivity index (χ0v) is 17.3. The lowest BCUT2D eigenvalue weighted by Crippen LogP contribution is -2.43. The maximum atomic E-state index is 11.8. The number of para-hydroxylation sites is 1. The molecule has 0 aromatic heterocycles. The first-order valence-electron chi connectivity index (χ1n) is 9.19. The molecule has 0 spiro atoms. The summed E-state index contributed by atoms with van der Waals surface area (Å²) < 4.78 is 4.76. The minimum absolute atomic E-state index is 0.411. The van der Waals surface area contributed by atoms with Crippen LogP contribution in [0.15, 0.2) is 54.6 Å². The molecule has 0 aliphatic carbocycles. The fourth-order valence-corrected chi connectivity index (χ4v) is 2.92. The minimum Gasteiger partial charge on any atom is -0.465 e. The molecule has 150 valence electrons. The number of carbonyl (C=O) groups is 1. The Labute approximate surface area is 171 Å². The Morgan fingerprint density at radius 1 is 0.966 bits per heavy atom. The van der Waals surface area contributed by atoms with Gasteiger partial charge in [0.25, 0.3) is 0 Å². The summed E-state index contributed by atoms with van der Waals surface area (Å²) >= 11 is 0. The highest BCUT2D eigenvalue weighted by molar-refractivity contribution is 5.89. The van der Waals surface area contributed by atoms with E-state index in [0.29, 0.717) is 11.3 Å².